The maximum atomic E-state index is 11.9. The fourth-order valence-electron chi connectivity index (χ4n) is 1.32. The van der Waals surface area contributed by atoms with E-state index >= 15 is 0 Å². The number of hydrogen-bond acceptors (Lipinski definition) is 2. The number of halogens is 1. The highest BCUT2D eigenvalue weighted by molar-refractivity contribution is 6.18. The van der Waals surface area contributed by atoms with Crippen molar-refractivity contribution < 1.29 is 4.79 Å². The van der Waals surface area contributed by atoms with Gasteiger partial charge in [0.2, 0.25) is 0 Å². The van der Waals surface area contributed by atoms with Gasteiger partial charge in [0.15, 0.2) is 0 Å². The number of carbonyl (C=O) groups excluding carboxylic acids is 1. The first-order valence-electron chi connectivity index (χ1n) is 5.13. The average molecular weight is 230 g/mol. The standard InChI is InChI=1S/C10H16ClN3O/c1-2-3-5-14(6-4-11)10(15)9-7-12-13-8-9/h7-8H,2-6H2,1H3,(H,12,13). The molecule has 15 heavy (non-hydrogen) atoms. The normalized spacial score (nSPS) is 10.3. The van der Waals surface area contributed by atoms with Crippen LogP contribution in [-0.4, -0.2) is 40.0 Å². The van der Waals surface area contributed by atoms with Crippen molar-refractivity contribution in [3.05, 3.63) is 18.0 Å². The molecule has 1 aromatic rings. The Labute approximate surface area is 94.6 Å². The number of H-pyrrole nitrogens is 1. The summed E-state index contributed by atoms with van der Waals surface area (Å²) in [6.45, 7) is 3.44. The van der Waals surface area contributed by atoms with Gasteiger partial charge in [0.05, 0.1) is 11.8 Å². The van der Waals surface area contributed by atoms with E-state index in [1.54, 1.807) is 11.1 Å². The molecule has 1 aromatic heterocycles. The second-order valence-electron chi connectivity index (χ2n) is 3.32. The SMILES string of the molecule is CCCCN(CCCl)C(=O)c1cn[nH]c1. The molecule has 0 radical (unpaired) electrons. The Morgan fingerprint density at radius 1 is 1.60 bits per heavy atom. The van der Waals surface area contributed by atoms with Crippen LogP contribution in [0.4, 0.5) is 0 Å². The molecular formula is C10H16ClN3O. The van der Waals surface area contributed by atoms with Gasteiger partial charge in [-0.25, -0.2) is 0 Å². The molecule has 0 saturated heterocycles. The number of hydrogen-bond donors (Lipinski definition) is 1. The number of aromatic amines is 1. The highest BCUT2D eigenvalue weighted by atomic mass is 35.5. The predicted octanol–water partition coefficient (Wildman–Crippen LogP) is 1.89. The summed E-state index contributed by atoms with van der Waals surface area (Å²) in [5.74, 6) is 0.464. The molecule has 0 aliphatic rings. The van der Waals surface area contributed by atoms with Crippen LogP contribution in [0.5, 0.6) is 0 Å². The lowest BCUT2D eigenvalue weighted by atomic mass is 10.2. The summed E-state index contributed by atoms with van der Waals surface area (Å²) in [6.07, 6.45) is 5.21. The first-order chi connectivity index (χ1) is 7.29. The maximum Gasteiger partial charge on any atom is 0.257 e. The van der Waals surface area contributed by atoms with Gasteiger partial charge in [-0.2, -0.15) is 5.10 Å². The van der Waals surface area contributed by atoms with E-state index in [1.165, 1.54) is 6.20 Å². The van der Waals surface area contributed by atoms with Crippen LogP contribution in [-0.2, 0) is 0 Å². The Hall–Kier alpha value is -1.03. The number of unbranched alkanes of at least 4 members (excludes halogenated alkanes) is 1. The minimum Gasteiger partial charge on any atom is -0.337 e. The van der Waals surface area contributed by atoms with E-state index in [-0.39, 0.29) is 5.91 Å². The van der Waals surface area contributed by atoms with Crippen LogP contribution in [0.2, 0.25) is 0 Å². The second kappa shape index (κ2) is 6.45. The Kier molecular flexibility index (Phi) is 5.18. The van der Waals surface area contributed by atoms with Crippen molar-refractivity contribution in [2.24, 2.45) is 0 Å². The van der Waals surface area contributed by atoms with Gasteiger partial charge < -0.3 is 4.90 Å². The van der Waals surface area contributed by atoms with Crippen molar-refractivity contribution in [3.8, 4) is 0 Å². The molecule has 5 heteroatoms. The molecule has 0 aromatic carbocycles. The molecule has 0 atom stereocenters. The molecule has 0 aliphatic heterocycles. The molecule has 1 rings (SSSR count). The zero-order valence-corrected chi connectivity index (χ0v) is 9.63. The molecule has 0 saturated carbocycles. The molecule has 1 amide bonds. The number of aromatic nitrogens is 2. The first kappa shape index (κ1) is 12.0. The summed E-state index contributed by atoms with van der Waals surface area (Å²) in [6, 6.07) is 0. The Bertz CT molecular complexity index is 287. The zero-order chi connectivity index (χ0) is 11.1. The largest absolute Gasteiger partial charge is 0.337 e. The van der Waals surface area contributed by atoms with E-state index in [1.807, 2.05) is 0 Å². The summed E-state index contributed by atoms with van der Waals surface area (Å²) < 4.78 is 0. The van der Waals surface area contributed by atoms with Gasteiger partial charge in [-0.1, -0.05) is 13.3 Å². The molecule has 1 N–H and O–H groups in total. The first-order valence-corrected chi connectivity index (χ1v) is 5.67. The molecule has 0 spiro atoms. The van der Waals surface area contributed by atoms with Gasteiger partial charge in [-0.05, 0) is 6.42 Å². The van der Waals surface area contributed by atoms with Crippen molar-refractivity contribution >= 4 is 17.5 Å². The number of carbonyl (C=O) groups is 1. The molecule has 1 heterocycles. The zero-order valence-electron chi connectivity index (χ0n) is 8.87. The quantitative estimate of drug-likeness (QED) is 0.758. The third-order valence-electron chi connectivity index (χ3n) is 2.17. The van der Waals surface area contributed by atoms with Crippen LogP contribution >= 0.6 is 11.6 Å². The van der Waals surface area contributed by atoms with Crippen molar-refractivity contribution in [2.45, 2.75) is 19.8 Å². The summed E-state index contributed by atoms with van der Waals surface area (Å²) in [7, 11) is 0. The predicted molar refractivity (Wildman–Crippen MR) is 60.1 cm³/mol. The molecule has 84 valence electrons. The van der Waals surface area contributed by atoms with Crippen molar-refractivity contribution in [1.29, 1.82) is 0 Å². The second-order valence-corrected chi connectivity index (χ2v) is 3.70. The van der Waals surface area contributed by atoms with Crippen LogP contribution in [0.15, 0.2) is 12.4 Å². The lowest BCUT2D eigenvalue weighted by Crippen LogP contribution is -2.33. The lowest BCUT2D eigenvalue weighted by Gasteiger charge is -2.20. The van der Waals surface area contributed by atoms with Gasteiger partial charge in [0.1, 0.15) is 0 Å². The van der Waals surface area contributed by atoms with Gasteiger partial charge in [-0.15, -0.1) is 11.6 Å². The van der Waals surface area contributed by atoms with Crippen LogP contribution in [0.3, 0.4) is 0 Å². The average Bonchev–Trinajstić information content (AvgIpc) is 2.76. The topological polar surface area (TPSA) is 49.0 Å². The number of amides is 1. The van der Waals surface area contributed by atoms with Crippen LogP contribution in [0.25, 0.3) is 0 Å². The fourth-order valence-corrected chi connectivity index (χ4v) is 1.52. The van der Waals surface area contributed by atoms with Crippen molar-refractivity contribution in [3.63, 3.8) is 0 Å². The lowest BCUT2D eigenvalue weighted by molar-refractivity contribution is 0.0763. The van der Waals surface area contributed by atoms with E-state index in [0.717, 1.165) is 19.4 Å². The minimum atomic E-state index is -0.00199. The van der Waals surface area contributed by atoms with E-state index in [0.29, 0.717) is 18.0 Å². The molecule has 0 unspecified atom stereocenters. The molecule has 0 fully saturated rings. The van der Waals surface area contributed by atoms with E-state index in [4.69, 9.17) is 11.6 Å². The van der Waals surface area contributed by atoms with Crippen LogP contribution in [0, 0.1) is 0 Å². The number of nitrogens with zero attached hydrogens (tertiary/aromatic N) is 2. The molecule has 0 bridgehead atoms. The molecule has 4 nitrogen and oxygen atoms in total. The van der Waals surface area contributed by atoms with Gasteiger partial charge >= 0.3 is 0 Å². The number of rotatable bonds is 6. The van der Waals surface area contributed by atoms with Gasteiger partial charge in [-0.3, -0.25) is 9.89 Å². The van der Waals surface area contributed by atoms with Crippen LogP contribution in [0.1, 0.15) is 30.1 Å². The molecule has 0 aliphatic carbocycles. The van der Waals surface area contributed by atoms with Gasteiger partial charge in [0.25, 0.3) is 5.91 Å². The third kappa shape index (κ3) is 3.55. The highest BCUT2D eigenvalue weighted by Crippen LogP contribution is 2.04. The highest BCUT2D eigenvalue weighted by Gasteiger charge is 2.15. The Balaban J connectivity index is 2.58. The monoisotopic (exact) mass is 229 g/mol. The van der Waals surface area contributed by atoms with Crippen LogP contribution < -0.4 is 0 Å². The van der Waals surface area contributed by atoms with Crippen molar-refractivity contribution in [2.75, 3.05) is 19.0 Å². The van der Waals surface area contributed by atoms with E-state index < -0.39 is 0 Å². The maximum absolute atomic E-state index is 11.9. The number of alkyl halides is 1. The smallest absolute Gasteiger partial charge is 0.257 e. The molecular weight excluding hydrogens is 214 g/mol. The Morgan fingerprint density at radius 3 is 2.93 bits per heavy atom. The summed E-state index contributed by atoms with van der Waals surface area (Å²) in [5, 5.41) is 6.39. The fraction of sp³-hybridized carbons (Fsp3) is 0.600. The number of nitrogens with one attached hydrogen (secondary N) is 1. The Morgan fingerprint density at radius 2 is 2.40 bits per heavy atom. The summed E-state index contributed by atoms with van der Waals surface area (Å²) in [5.41, 5.74) is 0.594. The van der Waals surface area contributed by atoms with Crippen molar-refractivity contribution in [1.82, 2.24) is 15.1 Å². The van der Waals surface area contributed by atoms with E-state index in [2.05, 4.69) is 17.1 Å². The summed E-state index contributed by atoms with van der Waals surface area (Å²) >= 11 is 5.66. The van der Waals surface area contributed by atoms with E-state index in [9.17, 15) is 4.79 Å². The minimum absolute atomic E-state index is 0.00199. The summed E-state index contributed by atoms with van der Waals surface area (Å²) in [4.78, 5) is 13.7. The van der Waals surface area contributed by atoms with Gasteiger partial charge in [0, 0.05) is 25.2 Å². The third-order valence-corrected chi connectivity index (χ3v) is 2.34.